The molecule has 1 heterocycles. The molecular weight excluding hydrogens is 500 g/mol. The molecule has 0 aromatic heterocycles. The third-order valence-corrected chi connectivity index (χ3v) is 11.4. The fourth-order valence-corrected chi connectivity index (χ4v) is 9.25. The summed E-state index contributed by atoms with van der Waals surface area (Å²) in [6.45, 7) is 3.49. The summed E-state index contributed by atoms with van der Waals surface area (Å²) >= 11 is 0. The van der Waals surface area contributed by atoms with Crippen molar-refractivity contribution in [1.29, 1.82) is 0 Å². The molecule has 5 rings (SSSR count). The van der Waals surface area contributed by atoms with Gasteiger partial charge in [-0.25, -0.2) is 4.79 Å². The number of carboxylic acid groups (broad SMARTS) is 1. The van der Waals surface area contributed by atoms with E-state index < -0.39 is 60.4 Å². The number of ether oxygens (including phenoxy) is 2. The van der Waals surface area contributed by atoms with Gasteiger partial charge in [-0.05, 0) is 68.1 Å². The van der Waals surface area contributed by atoms with Crippen LogP contribution < -0.4 is 0 Å². The molecule has 0 amide bonds. The van der Waals surface area contributed by atoms with Crippen LogP contribution in [0.1, 0.15) is 65.2 Å². The fourth-order valence-electron chi connectivity index (χ4n) is 9.25. The zero-order chi connectivity index (χ0) is 27.8. The van der Waals surface area contributed by atoms with E-state index in [9.17, 15) is 45.3 Å². The normalized spacial score (nSPS) is 53.5. The van der Waals surface area contributed by atoms with Gasteiger partial charge in [0.05, 0.1) is 18.3 Å². The number of aliphatic hydroxyl groups is 6. The van der Waals surface area contributed by atoms with Crippen LogP contribution in [0.4, 0.5) is 0 Å². The number of carbonyl (C=O) groups is 2. The van der Waals surface area contributed by atoms with E-state index in [-0.39, 0.29) is 47.4 Å². The molecule has 7 N–H and O–H groups in total. The zero-order valence-corrected chi connectivity index (χ0v) is 22.0. The number of ketones is 1. The Morgan fingerprint density at radius 1 is 1.08 bits per heavy atom. The first-order chi connectivity index (χ1) is 17.8. The largest absolute Gasteiger partial charge is 0.479 e. The third-order valence-electron chi connectivity index (χ3n) is 11.4. The predicted octanol–water partition coefficient (Wildman–Crippen LogP) is -0.430. The molecule has 4 aliphatic carbocycles. The summed E-state index contributed by atoms with van der Waals surface area (Å²) < 4.78 is 11.3. The first-order valence-corrected chi connectivity index (χ1v) is 13.9. The number of Topliss-reactive ketones (excluding diaryl/α,β-unsaturated/α-hetero) is 1. The van der Waals surface area contributed by atoms with Crippen molar-refractivity contribution in [2.45, 2.75) is 114 Å². The van der Waals surface area contributed by atoms with Crippen LogP contribution in [0, 0.1) is 34.5 Å². The van der Waals surface area contributed by atoms with E-state index in [1.54, 1.807) is 0 Å². The maximum atomic E-state index is 13.8. The Balaban J connectivity index is 1.31. The summed E-state index contributed by atoms with van der Waals surface area (Å²) in [5, 5.41) is 71.3. The molecule has 14 atom stereocenters. The summed E-state index contributed by atoms with van der Waals surface area (Å²) in [5.74, 6) is -1.26. The smallest absolute Gasteiger partial charge is 0.335 e. The molecule has 0 bridgehead atoms. The molecule has 5 fully saturated rings. The van der Waals surface area contributed by atoms with Crippen LogP contribution in [0.25, 0.3) is 0 Å². The van der Waals surface area contributed by atoms with Crippen molar-refractivity contribution >= 4 is 11.8 Å². The van der Waals surface area contributed by atoms with Crippen LogP contribution in [0.15, 0.2) is 0 Å². The van der Waals surface area contributed by atoms with Crippen LogP contribution in [-0.2, 0) is 19.1 Å². The summed E-state index contributed by atoms with van der Waals surface area (Å²) in [6.07, 6.45) is -5.21. The molecule has 216 valence electrons. The fraction of sp³-hybridized carbons (Fsp3) is 0.926. The number of carboxylic acids is 1. The quantitative estimate of drug-likeness (QED) is 0.223. The average Bonchev–Trinajstić information content (AvgIpc) is 3.14. The zero-order valence-electron chi connectivity index (χ0n) is 22.0. The molecule has 1 saturated heterocycles. The van der Waals surface area contributed by atoms with E-state index >= 15 is 0 Å². The Kier molecular flexibility index (Phi) is 7.26. The van der Waals surface area contributed by atoms with E-state index in [2.05, 4.69) is 6.92 Å². The number of fused-ring (bicyclic) bond motifs is 5. The minimum Gasteiger partial charge on any atom is -0.479 e. The molecule has 0 spiro atoms. The molecule has 0 unspecified atom stereocenters. The van der Waals surface area contributed by atoms with Gasteiger partial charge in [-0.15, -0.1) is 0 Å². The van der Waals surface area contributed by atoms with E-state index in [4.69, 9.17) is 9.47 Å². The van der Waals surface area contributed by atoms with Crippen molar-refractivity contribution in [3.8, 4) is 0 Å². The van der Waals surface area contributed by atoms with Gasteiger partial charge in [0.2, 0.25) is 0 Å². The lowest BCUT2D eigenvalue weighted by molar-refractivity contribution is -0.309. The molecule has 38 heavy (non-hydrogen) atoms. The van der Waals surface area contributed by atoms with Crippen LogP contribution in [-0.4, -0.2) is 103 Å². The Morgan fingerprint density at radius 3 is 2.45 bits per heavy atom. The van der Waals surface area contributed by atoms with Gasteiger partial charge in [-0.1, -0.05) is 13.8 Å². The first kappa shape index (κ1) is 28.4. The summed E-state index contributed by atoms with van der Waals surface area (Å²) in [7, 11) is 0. The van der Waals surface area contributed by atoms with Gasteiger partial charge in [0.1, 0.15) is 30.2 Å². The van der Waals surface area contributed by atoms with Gasteiger partial charge in [0.15, 0.2) is 12.4 Å². The van der Waals surface area contributed by atoms with Gasteiger partial charge in [-0.2, -0.15) is 0 Å². The van der Waals surface area contributed by atoms with Crippen molar-refractivity contribution in [2.75, 3.05) is 6.61 Å². The van der Waals surface area contributed by atoms with E-state index in [1.165, 1.54) is 0 Å². The second-order valence-corrected chi connectivity index (χ2v) is 13.0. The van der Waals surface area contributed by atoms with Gasteiger partial charge in [0, 0.05) is 17.8 Å². The lowest BCUT2D eigenvalue weighted by atomic mass is 9.44. The molecule has 4 saturated carbocycles. The summed E-state index contributed by atoms with van der Waals surface area (Å²) in [5.41, 5.74) is -2.58. The lowest BCUT2D eigenvalue weighted by Crippen LogP contribution is -2.63. The Bertz CT molecular complexity index is 944. The Hall–Kier alpha value is -1.18. The minimum absolute atomic E-state index is 0.0646. The highest BCUT2D eigenvalue weighted by Crippen LogP contribution is 2.67. The number of carbonyl (C=O) groups excluding carboxylic acids is 1. The van der Waals surface area contributed by atoms with E-state index in [0.717, 1.165) is 12.8 Å². The molecule has 5 aliphatic rings. The van der Waals surface area contributed by atoms with Crippen LogP contribution >= 0.6 is 0 Å². The van der Waals surface area contributed by atoms with E-state index in [0.29, 0.717) is 32.1 Å². The van der Waals surface area contributed by atoms with Gasteiger partial charge in [-0.3, -0.25) is 4.79 Å². The highest BCUT2D eigenvalue weighted by atomic mass is 16.7. The summed E-state index contributed by atoms with van der Waals surface area (Å²) in [6, 6.07) is 0. The molecule has 0 aromatic rings. The standard InChI is InChI=1S/C27H42O11/c1-25-7-5-13(37-24-21(33)19(31)20(32)22(38-24)23(34)35)9-12(25)3-4-14-15-6-8-27(36,17(30)11-28)26(15,2)10-16(29)18(14)25/h12-15,17-22,24,28,30-33,36H,3-11H2,1-2H3,(H,34,35)/t12-,13+,14-,15-,17+,18+,19-,20-,21+,22-,24+,25-,26-,27-/m0/s1. The molecular formula is C27H42O11. The summed E-state index contributed by atoms with van der Waals surface area (Å²) in [4.78, 5) is 25.2. The highest BCUT2D eigenvalue weighted by molar-refractivity contribution is 5.84. The van der Waals surface area contributed by atoms with Crippen molar-refractivity contribution in [2.24, 2.45) is 34.5 Å². The maximum Gasteiger partial charge on any atom is 0.335 e. The van der Waals surface area contributed by atoms with Gasteiger partial charge >= 0.3 is 5.97 Å². The number of hydrogen-bond acceptors (Lipinski definition) is 10. The van der Waals surface area contributed by atoms with Gasteiger partial charge in [0.25, 0.3) is 0 Å². The van der Waals surface area contributed by atoms with Crippen LogP contribution in [0.3, 0.4) is 0 Å². The van der Waals surface area contributed by atoms with Crippen molar-refractivity contribution in [1.82, 2.24) is 0 Å². The number of aliphatic hydroxyl groups excluding tert-OH is 5. The Labute approximate surface area is 221 Å². The molecule has 0 aromatic carbocycles. The third kappa shape index (κ3) is 4.00. The monoisotopic (exact) mass is 542 g/mol. The molecule has 0 radical (unpaired) electrons. The molecule has 11 nitrogen and oxygen atoms in total. The molecule has 1 aliphatic heterocycles. The maximum absolute atomic E-state index is 13.8. The minimum atomic E-state index is -1.78. The topological polar surface area (TPSA) is 194 Å². The van der Waals surface area contributed by atoms with Crippen molar-refractivity contribution in [3.63, 3.8) is 0 Å². The van der Waals surface area contributed by atoms with Crippen molar-refractivity contribution < 1.29 is 54.8 Å². The number of rotatable bonds is 5. The lowest BCUT2D eigenvalue weighted by Gasteiger charge is -2.61. The average molecular weight is 543 g/mol. The number of aliphatic carboxylic acids is 1. The first-order valence-electron chi connectivity index (χ1n) is 13.9. The SMILES string of the molecule is C[C@]12CC[C@@H](O[C@@H]3O[C@H](C(=O)O)[C@@H](O)[C@H](O)[C@H]3O)C[C@@H]1CC[C@@H]1[C@@H]2C(=O)C[C@@]2(C)[C@H]1CC[C@]2(O)[C@H](O)CO. The van der Waals surface area contributed by atoms with Crippen LogP contribution in [0.2, 0.25) is 0 Å². The number of hydrogen-bond donors (Lipinski definition) is 7. The van der Waals surface area contributed by atoms with Crippen LogP contribution in [0.5, 0.6) is 0 Å². The molecule has 11 heteroatoms. The predicted molar refractivity (Wildman–Crippen MR) is 129 cm³/mol. The van der Waals surface area contributed by atoms with E-state index in [1.807, 2.05) is 6.92 Å². The van der Waals surface area contributed by atoms with Gasteiger partial charge < -0.3 is 45.2 Å². The highest BCUT2D eigenvalue weighted by Gasteiger charge is 2.68. The van der Waals surface area contributed by atoms with Crippen molar-refractivity contribution in [3.05, 3.63) is 0 Å². The second-order valence-electron chi connectivity index (χ2n) is 13.0. The Morgan fingerprint density at radius 2 is 1.79 bits per heavy atom. The second kappa shape index (κ2) is 9.73.